The largest absolute Gasteiger partial charge is 0.488 e. The number of halogens is 1. The highest BCUT2D eigenvalue weighted by Crippen LogP contribution is 2.26. The monoisotopic (exact) mass is 476 g/mol. The van der Waals surface area contributed by atoms with Gasteiger partial charge >= 0.3 is 0 Å². The lowest BCUT2D eigenvalue weighted by Crippen LogP contribution is -2.42. The fourth-order valence-corrected chi connectivity index (χ4v) is 3.32. The van der Waals surface area contributed by atoms with E-state index in [-0.39, 0.29) is 24.7 Å². The van der Waals surface area contributed by atoms with E-state index in [4.69, 9.17) is 9.47 Å². The fraction of sp³-hybridized carbons (Fsp3) is 0.300. The van der Waals surface area contributed by atoms with Gasteiger partial charge in [0.2, 0.25) is 0 Å². The highest BCUT2D eigenvalue weighted by atomic mass is 79.9. The van der Waals surface area contributed by atoms with E-state index >= 15 is 0 Å². The Morgan fingerprint density at radius 1 is 1.30 bits per heavy atom. The molecule has 0 atom stereocenters. The third-order valence-corrected chi connectivity index (χ3v) is 4.97. The molecule has 0 aliphatic carbocycles. The van der Waals surface area contributed by atoms with Crippen LogP contribution in [0.15, 0.2) is 52.0 Å². The topological polar surface area (TPSA) is 106 Å². The Bertz CT molecular complexity index is 931. The SMILES string of the molecule is O=C(CN1CCOCC1)N/N=C/c1ccc(OCc2cccc([N+](=O)[O-])c2)c(Br)c1. The predicted octanol–water partition coefficient (Wildman–Crippen LogP) is 2.72. The van der Waals surface area contributed by atoms with Crippen LogP contribution in [0.3, 0.4) is 0 Å². The maximum Gasteiger partial charge on any atom is 0.269 e. The van der Waals surface area contributed by atoms with E-state index in [9.17, 15) is 14.9 Å². The molecule has 2 aromatic carbocycles. The summed E-state index contributed by atoms with van der Waals surface area (Å²) in [5.74, 6) is 0.416. The molecule has 0 aromatic heterocycles. The van der Waals surface area contributed by atoms with Crippen molar-refractivity contribution in [1.82, 2.24) is 10.3 Å². The summed E-state index contributed by atoms with van der Waals surface area (Å²) in [7, 11) is 0. The summed E-state index contributed by atoms with van der Waals surface area (Å²) in [6.07, 6.45) is 1.55. The van der Waals surface area contributed by atoms with Crippen molar-refractivity contribution in [1.29, 1.82) is 0 Å². The van der Waals surface area contributed by atoms with Gasteiger partial charge < -0.3 is 9.47 Å². The predicted molar refractivity (Wildman–Crippen MR) is 115 cm³/mol. The third kappa shape index (κ3) is 6.61. The first-order valence-electron chi connectivity index (χ1n) is 9.29. The number of hydrogen-bond acceptors (Lipinski definition) is 7. The number of morpholine rings is 1. The number of amides is 1. The van der Waals surface area contributed by atoms with E-state index in [1.165, 1.54) is 12.1 Å². The Balaban J connectivity index is 1.50. The molecule has 1 N–H and O–H groups in total. The fourth-order valence-electron chi connectivity index (χ4n) is 2.81. The second-order valence-electron chi connectivity index (χ2n) is 6.59. The van der Waals surface area contributed by atoms with Crippen molar-refractivity contribution in [3.05, 3.63) is 68.2 Å². The minimum atomic E-state index is -0.437. The number of nitro benzene ring substituents is 1. The maximum absolute atomic E-state index is 11.9. The molecular formula is C20H21BrN4O5. The molecule has 2 aromatic rings. The Labute approximate surface area is 181 Å². The quantitative estimate of drug-likeness (QED) is 0.356. The average Bonchev–Trinajstić information content (AvgIpc) is 2.74. The lowest BCUT2D eigenvalue weighted by Gasteiger charge is -2.25. The van der Waals surface area contributed by atoms with E-state index in [1.807, 2.05) is 4.90 Å². The molecule has 0 radical (unpaired) electrons. The van der Waals surface area contributed by atoms with Gasteiger partial charge in [-0.3, -0.25) is 19.8 Å². The molecule has 1 fully saturated rings. The number of carbonyl (C=O) groups excluding carboxylic acids is 1. The molecule has 3 rings (SSSR count). The first kappa shape index (κ1) is 21.9. The van der Waals surface area contributed by atoms with E-state index < -0.39 is 4.92 Å². The Hall–Kier alpha value is -2.82. The van der Waals surface area contributed by atoms with Crippen LogP contribution in [0, 0.1) is 10.1 Å². The number of hydrazone groups is 1. The zero-order chi connectivity index (χ0) is 21.3. The number of rotatable bonds is 8. The Kier molecular flexibility index (Phi) is 7.89. The van der Waals surface area contributed by atoms with Gasteiger partial charge in [-0.25, -0.2) is 5.43 Å². The zero-order valence-corrected chi connectivity index (χ0v) is 17.7. The summed E-state index contributed by atoms with van der Waals surface area (Å²) in [5, 5.41) is 14.8. The van der Waals surface area contributed by atoms with Crippen LogP contribution in [0.5, 0.6) is 5.75 Å². The summed E-state index contributed by atoms with van der Waals surface area (Å²) >= 11 is 3.44. The number of ether oxygens (including phenoxy) is 2. The molecular weight excluding hydrogens is 456 g/mol. The number of hydrogen-bond donors (Lipinski definition) is 1. The van der Waals surface area contributed by atoms with Gasteiger partial charge in [0.25, 0.3) is 11.6 Å². The minimum absolute atomic E-state index is 0.0254. The van der Waals surface area contributed by atoms with Gasteiger partial charge in [-0.15, -0.1) is 0 Å². The number of benzene rings is 2. The van der Waals surface area contributed by atoms with Gasteiger partial charge in [-0.05, 0) is 45.3 Å². The summed E-state index contributed by atoms with van der Waals surface area (Å²) in [6.45, 7) is 3.24. The number of nitrogens with one attached hydrogen (secondary N) is 1. The van der Waals surface area contributed by atoms with E-state index in [0.717, 1.165) is 18.7 Å². The van der Waals surface area contributed by atoms with Crippen LogP contribution in [-0.2, 0) is 16.1 Å². The summed E-state index contributed by atoms with van der Waals surface area (Å²) < 4.78 is 11.7. The van der Waals surface area contributed by atoms with Crippen molar-refractivity contribution in [2.75, 3.05) is 32.8 Å². The first-order chi connectivity index (χ1) is 14.5. The second-order valence-corrected chi connectivity index (χ2v) is 7.44. The molecule has 1 amide bonds. The molecule has 1 saturated heterocycles. The minimum Gasteiger partial charge on any atom is -0.488 e. The molecule has 9 nitrogen and oxygen atoms in total. The van der Waals surface area contributed by atoms with Crippen molar-refractivity contribution >= 4 is 33.7 Å². The van der Waals surface area contributed by atoms with Gasteiger partial charge in [0.05, 0.1) is 35.4 Å². The second kappa shape index (κ2) is 10.8. The lowest BCUT2D eigenvalue weighted by molar-refractivity contribution is -0.384. The molecule has 0 bridgehead atoms. The molecule has 1 aliphatic rings. The van der Waals surface area contributed by atoms with Gasteiger partial charge in [0, 0.05) is 25.2 Å². The summed E-state index contributed by atoms with van der Waals surface area (Å²) in [6, 6.07) is 11.7. The van der Waals surface area contributed by atoms with Crippen LogP contribution in [0.1, 0.15) is 11.1 Å². The van der Waals surface area contributed by atoms with Gasteiger partial charge in [-0.1, -0.05) is 12.1 Å². The van der Waals surface area contributed by atoms with E-state index in [1.54, 1.807) is 36.5 Å². The molecule has 158 valence electrons. The maximum atomic E-state index is 11.9. The molecule has 30 heavy (non-hydrogen) atoms. The van der Waals surface area contributed by atoms with Gasteiger partial charge in [0.15, 0.2) is 0 Å². The van der Waals surface area contributed by atoms with Crippen molar-refractivity contribution in [3.63, 3.8) is 0 Å². The molecule has 1 aliphatic heterocycles. The van der Waals surface area contributed by atoms with Crippen LogP contribution in [-0.4, -0.2) is 54.8 Å². The van der Waals surface area contributed by atoms with Crippen LogP contribution < -0.4 is 10.2 Å². The molecule has 0 spiro atoms. The summed E-state index contributed by atoms with van der Waals surface area (Å²) in [5.41, 5.74) is 4.02. The zero-order valence-electron chi connectivity index (χ0n) is 16.1. The first-order valence-corrected chi connectivity index (χ1v) is 10.1. The molecule has 0 unspecified atom stereocenters. The van der Waals surface area contributed by atoms with Crippen LogP contribution >= 0.6 is 15.9 Å². The van der Waals surface area contributed by atoms with Crippen LogP contribution in [0.2, 0.25) is 0 Å². The van der Waals surface area contributed by atoms with Crippen molar-refractivity contribution < 1.29 is 19.2 Å². The van der Waals surface area contributed by atoms with Gasteiger partial charge in [0.1, 0.15) is 12.4 Å². The highest BCUT2D eigenvalue weighted by Gasteiger charge is 2.13. The lowest BCUT2D eigenvalue weighted by atomic mass is 10.2. The highest BCUT2D eigenvalue weighted by molar-refractivity contribution is 9.10. The third-order valence-electron chi connectivity index (χ3n) is 4.35. The van der Waals surface area contributed by atoms with Crippen molar-refractivity contribution in [2.45, 2.75) is 6.61 Å². The Morgan fingerprint density at radius 2 is 2.10 bits per heavy atom. The number of nitro groups is 1. The molecule has 0 saturated carbocycles. The Morgan fingerprint density at radius 3 is 2.83 bits per heavy atom. The van der Waals surface area contributed by atoms with Crippen molar-refractivity contribution in [3.8, 4) is 5.75 Å². The smallest absolute Gasteiger partial charge is 0.269 e. The normalized spacial score (nSPS) is 14.6. The number of nitrogens with zero attached hydrogens (tertiary/aromatic N) is 3. The van der Waals surface area contributed by atoms with Gasteiger partial charge in [-0.2, -0.15) is 5.10 Å². The standard InChI is InChI=1S/C20H21BrN4O5/c21-18-11-15(12-22-23-20(26)13-24-6-8-29-9-7-24)4-5-19(18)30-14-16-2-1-3-17(10-16)25(27)28/h1-5,10-12H,6-9,13-14H2,(H,23,26)/b22-12+. The molecule has 1 heterocycles. The van der Waals surface area contributed by atoms with E-state index in [0.29, 0.717) is 29.0 Å². The van der Waals surface area contributed by atoms with Crippen LogP contribution in [0.25, 0.3) is 0 Å². The number of carbonyl (C=O) groups is 1. The average molecular weight is 477 g/mol. The molecule has 10 heteroatoms. The number of non-ortho nitro benzene ring substituents is 1. The van der Waals surface area contributed by atoms with Crippen molar-refractivity contribution in [2.24, 2.45) is 5.10 Å². The van der Waals surface area contributed by atoms with E-state index in [2.05, 4.69) is 26.5 Å². The van der Waals surface area contributed by atoms with Crippen LogP contribution in [0.4, 0.5) is 5.69 Å². The summed E-state index contributed by atoms with van der Waals surface area (Å²) in [4.78, 5) is 24.4.